The van der Waals surface area contributed by atoms with Crippen molar-refractivity contribution < 1.29 is 42.5 Å². The van der Waals surface area contributed by atoms with Gasteiger partial charge in [0.2, 0.25) is 0 Å². The summed E-state index contributed by atoms with van der Waals surface area (Å²) in [5.74, 6) is 1.02. The molecule has 222 valence electrons. The molecule has 3 N–H and O–H groups in total. The summed E-state index contributed by atoms with van der Waals surface area (Å²) in [5, 5.41) is 17.1. The van der Waals surface area contributed by atoms with Crippen molar-refractivity contribution in [2.24, 2.45) is 11.8 Å². The van der Waals surface area contributed by atoms with Gasteiger partial charge in [-0.1, -0.05) is 32.4 Å². The van der Waals surface area contributed by atoms with Crippen molar-refractivity contribution in [1.29, 1.82) is 0 Å². The van der Waals surface area contributed by atoms with Gasteiger partial charge in [0, 0.05) is 6.54 Å². The lowest BCUT2D eigenvalue weighted by Crippen LogP contribution is -2.50. The van der Waals surface area contributed by atoms with E-state index in [1.54, 1.807) is 26.0 Å². The minimum Gasteiger partial charge on any atom is -0.481 e. The van der Waals surface area contributed by atoms with Crippen LogP contribution in [0.2, 0.25) is 0 Å². The molecule has 0 aromatic heterocycles. The molecule has 2 saturated heterocycles. The zero-order valence-corrected chi connectivity index (χ0v) is 24.4. The van der Waals surface area contributed by atoms with Gasteiger partial charge < -0.3 is 43.7 Å². The van der Waals surface area contributed by atoms with Crippen molar-refractivity contribution in [3.63, 3.8) is 0 Å². The number of carbonyl (C=O) groups excluding carboxylic acids is 1. The lowest BCUT2D eigenvalue weighted by atomic mass is 10.0. The summed E-state index contributed by atoms with van der Waals surface area (Å²) in [7, 11) is -3.33. The van der Waals surface area contributed by atoms with E-state index >= 15 is 0 Å². The van der Waals surface area contributed by atoms with Gasteiger partial charge in [0.25, 0.3) is 0 Å². The van der Waals surface area contributed by atoms with Gasteiger partial charge in [0.05, 0.1) is 44.5 Å². The fourth-order valence-corrected chi connectivity index (χ4v) is 5.87. The van der Waals surface area contributed by atoms with Gasteiger partial charge in [0.1, 0.15) is 11.9 Å². The highest BCUT2D eigenvalue weighted by molar-refractivity contribution is 7.53. The third-order valence-electron chi connectivity index (χ3n) is 6.97. The molecule has 0 bridgehead atoms. The molecule has 0 saturated carbocycles. The van der Waals surface area contributed by atoms with E-state index in [-0.39, 0.29) is 37.9 Å². The van der Waals surface area contributed by atoms with E-state index in [1.807, 2.05) is 12.1 Å². The molecule has 3 rings (SSSR count). The summed E-state index contributed by atoms with van der Waals surface area (Å²) in [6.07, 6.45) is -0.131. The maximum Gasteiger partial charge on any atom is 0.407 e. The van der Waals surface area contributed by atoms with Crippen LogP contribution in [0, 0.1) is 11.8 Å². The van der Waals surface area contributed by atoms with Crippen LogP contribution in [0.5, 0.6) is 5.75 Å². The van der Waals surface area contributed by atoms with Crippen molar-refractivity contribution in [2.45, 2.75) is 71.5 Å². The van der Waals surface area contributed by atoms with E-state index in [1.165, 1.54) is 0 Å². The molecule has 0 unspecified atom stereocenters. The average molecular weight is 573 g/mol. The van der Waals surface area contributed by atoms with Crippen LogP contribution in [0.4, 0.5) is 4.79 Å². The van der Waals surface area contributed by atoms with Gasteiger partial charge in [-0.15, -0.1) is 0 Å². The zero-order valence-electron chi connectivity index (χ0n) is 23.5. The molecule has 0 aliphatic carbocycles. The van der Waals surface area contributed by atoms with E-state index in [9.17, 15) is 14.5 Å². The Hall–Kier alpha value is -1.72. The Balaban J connectivity index is 1.59. The van der Waals surface area contributed by atoms with Crippen molar-refractivity contribution in [1.82, 2.24) is 10.6 Å². The first kappa shape index (κ1) is 31.8. The summed E-state index contributed by atoms with van der Waals surface area (Å²) in [6.45, 7) is 10.3. The molecule has 2 heterocycles. The number of benzene rings is 1. The fourth-order valence-electron chi connectivity index (χ4n) is 4.55. The monoisotopic (exact) mass is 572 g/mol. The van der Waals surface area contributed by atoms with Crippen LogP contribution < -0.4 is 15.4 Å². The van der Waals surface area contributed by atoms with E-state index in [0.717, 1.165) is 24.9 Å². The topological polar surface area (TPSA) is 134 Å². The summed E-state index contributed by atoms with van der Waals surface area (Å²) >= 11 is 0. The van der Waals surface area contributed by atoms with Gasteiger partial charge in [-0.3, -0.25) is 4.57 Å². The number of nitrogens with one attached hydrogen (secondary N) is 2. The molecule has 2 aliphatic heterocycles. The highest BCUT2D eigenvalue weighted by Gasteiger charge is 2.44. The van der Waals surface area contributed by atoms with Crippen LogP contribution in [0.25, 0.3) is 0 Å². The van der Waals surface area contributed by atoms with E-state index < -0.39 is 25.8 Å². The Morgan fingerprint density at radius 1 is 1.13 bits per heavy atom. The summed E-state index contributed by atoms with van der Waals surface area (Å²) in [4.78, 5) is 12.8. The molecule has 0 spiro atoms. The number of rotatable bonds is 17. The highest BCUT2D eigenvalue weighted by atomic mass is 31.2. The molecule has 1 aromatic carbocycles. The zero-order chi connectivity index (χ0) is 28.3. The molecule has 2 aliphatic rings. The van der Waals surface area contributed by atoms with Gasteiger partial charge in [-0.2, -0.15) is 0 Å². The Morgan fingerprint density at radius 2 is 1.85 bits per heavy atom. The maximum absolute atomic E-state index is 12.8. The largest absolute Gasteiger partial charge is 0.481 e. The molecule has 6 atom stereocenters. The average Bonchev–Trinajstić information content (AvgIpc) is 3.53. The number of aliphatic hydroxyl groups excluding tert-OH is 1. The van der Waals surface area contributed by atoms with Crippen molar-refractivity contribution in [2.75, 3.05) is 45.9 Å². The third-order valence-corrected chi connectivity index (χ3v) is 8.72. The fraction of sp³-hybridized carbons (Fsp3) is 0.741. The molecule has 11 nitrogen and oxygen atoms in total. The first-order valence-corrected chi connectivity index (χ1v) is 15.7. The number of aliphatic hydroxyl groups is 1. The molecule has 1 aromatic rings. The van der Waals surface area contributed by atoms with Crippen LogP contribution in [0.15, 0.2) is 24.3 Å². The predicted molar refractivity (Wildman–Crippen MR) is 146 cm³/mol. The maximum atomic E-state index is 12.8. The molecule has 12 heteroatoms. The van der Waals surface area contributed by atoms with Gasteiger partial charge in [-0.05, 0) is 56.8 Å². The predicted octanol–water partition coefficient (Wildman–Crippen LogP) is 3.68. The van der Waals surface area contributed by atoms with E-state index in [2.05, 4.69) is 24.5 Å². The molecule has 2 fully saturated rings. The molecular weight excluding hydrogens is 527 g/mol. The second kappa shape index (κ2) is 15.9. The Morgan fingerprint density at radius 3 is 2.51 bits per heavy atom. The van der Waals surface area contributed by atoms with Crippen molar-refractivity contribution >= 4 is 13.7 Å². The SMILES string of the molecule is CCOP(=O)(COc1ccc(C[C@H](NC(=O)O[C@H]2CO[C@H]3OCC[C@H]32)[C@H](O)CNC[C@@H](C)CC)cc1)OCC. The number of fused-ring (bicyclic) bond motifs is 1. The van der Waals surface area contributed by atoms with Crippen LogP contribution in [-0.2, 0) is 34.2 Å². The second-order valence-electron chi connectivity index (χ2n) is 10.0. The molecule has 39 heavy (non-hydrogen) atoms. The summed E-state index contributed by atoms with van der Waals surface area (Å²) in [5.41, 5.74) is 0.875. The van der Waals surface area contributed by atoms with Crippen molar-refractivity contribution in [3.05, 3.63) is 29.8 Å². The van der Waals surface area contributed by atoms with Crippen LogP contribution in [-0.4, -0.2) is 81.6 Å². The van der Waals surface area contributed by atoms with Crippen LogP contribution in [0.1, 0.15) is 46.1 Å². The second-order valence-corrected chi connectivity index (χ2v) is 12.0. The molecule has 1 amide bonds. The van der Waals surface area contributed by atoms with Gasteiger partial charge >= 0.3 is 13.7 Å². The molecular formula is C27H45N2O9P. The lowest BCUT2D eigenvalue weighted by molar-refractivity contribution is -0.0907. The minimum absolute atomic E-state index is 0.0321. The number of hydrogen-bond acceptors (Lipinski definition) is 10. The lowest BCUT2D eigenvalue weighted by Gasteiger charge is -2.26. The van der Waals surface area contributed by atoms with Crippen LogP contribution in [0.3, 0.4) is 0 Å². The highest BCUT2D eigenvalue weighted by Crippen LogP contribution is 2.47. The Bertz CT molecular complexity index is 909. The Kier molecular flexibility index (Phi) is 13.0. The number of carbonyl (C=O) groups is 1. The van der Waals surface area contributed by atoms with Gasteiger partial charge in [0.15, 0.2) is 12.6 Å². The number of hydrogen-bond donors (Lipinski definition) is 3. The normalized spacial score (nSPS) is 23.2. The quantitative estimate of drug-likeness (QED) is 0.237. The van der Waals surface area contributed by atoms with Crippen molar-refractivity contribution in [3.8, 4) is 5.75 Å². The van der Waals surface area contributed by atoms with E-state index in [0.29, 0.717) is 37.8 Å². The van der Waals surface area contributed by atoms with E-state index in [4.69, 9.17) is 28.0 Å². The standard InChI is InChI=1S/C27H45N2O9P/c1-5-19(4)15-28-16-24(30)23(29-27(31)38-25-17-34-26-22(25)12-13-33-26)14-20-8-10-21(11-9-20)35-18-39(32,36-6-2)37-7-3/h8-11,19,22-26,28,30H,5-7,12-18H2,1-4H3,(H,29,31)/t19-,22-,23-,24+,25-,26+/m0/s1. The first-order valence-electron chi connectivity index (χ1n) is 14.0. The number of alkyl carbamates (subject to hydrolysis) is 1. The van der Waals surface area contributed by atoms with Crippen LogP contribution >= 0.6 is 7.60 Å². The summed E-state index contributed by atoms with van der Waals surface area (Å²) < 4.78 is 45.6. The minimum atomic E-state index is -3.33. The number of ether oxygens (including phenoxy) is 4. The van der Waals surface area contributed by atoms with Gasteiger partial charge in [-0.25, -0.2) is 4.79 Å². The summed E-state index contributed by atoms with van der Waals surface area (Å²) in [6, 6.07) is 6.58. The molecule has 0 radical (unpaired) electrons. The Labute approximate surface area is 231 Å². The first-order chi connectivity index (χ1) is 18.8. The smallest absolute Gasteiger partial charge is 0.407 e. The number of amides is 1. The third kappa shape index (κ3) is 10.0.